The molecule has 1 amide bonds. The second kappa shape index (κ2) is 7.49. The SMILES string of the molecule is CCc1ccc(C(=O)Nc2ccc3oc(-c4ccc(C)cc4Cl)nc3c2)cc1. The first kappa shape index (κ1) is 18.3. The molecule has 28 heavy (non-hydrogen) atoms. The highest BCUT2D eigenvalue weighted by atomic mass is 35.5. The largest absolute Gasteiger partial charge is 0.436 e. The number of amides is 1. The lowest BCUT2D eigenvalue weighted by molar-refractivity contribution is 0.102. The van der Waals surface area contributed by atoms with E-state index in [-0.39, 0.29) is 5.91 Å². The molecule has 0 bridgehead atoms. The molecule has 4 aromatic rings. The van der Waals surface area contributed by atoms with Crippen LogP contribution in [0.4, 0.5) is 5.69 Å². The number of oxazole rings is 1. The van der Waals surface area contributed by atoms with E-state index in [1.165, 1.54) is 5.56 Å². The number of rotatable bonds is 4. The van der Waals surface area contributed by atoms with Crippen molar-refractivity contribution in [1.82, 2.24) is 4.98 Å². The Morgan fingerprint density at radius 2 is 1.86 bits per heavy atom. The summed E-state index contributed by atoms with van der Waals surface area (Å²) in [4.78, 5) is 17.0. The van der Waals surface area contributed by atoms with Gasteiger partial charge in [0.25, 0.3) is 5.91 Å². The van der Waals surface area contributed by atoms with Gasteiger partial charge in [-0.2, -0.15) is 0 Å². The van der Waals surface area contributed by atoms with Gasteiger partial charge >= 0.3 is 0 Å². The van der Waals surface area contributed by atoms with Crippen molar-refractivity contribution in [3.05, 3.63) is 82.4 Å². The van der Waals surface area contributed by atoms with Crippen molar-refractivity contribution in [2.45, 2.75) is 20.3 Å². The van der Waals surface area contributed by atoms with E-state index in [9.17, 15) is 4.79 Å². The maximum atomic E-state index is 12.5. The Morgan fingerprint density at radius 1 is 1.07 bits per heavy atom. The molecule has 0 unspecified atom stereocenters. The van der Waals surface area contributed by atoms with Crippen LogP contribution in [0.25, 0.3) is 22.6 Å². The molecule has 0 saturated heterocycles. The number of hydrogen-bond donors (Lipinski definition) is 1. The molecule has 5 heteroatoms. The third-order valence-electron chi connectivity index (χ3n) is 4.62. The lowest BCUT2D eigenvalue weighted by Crippen LogP contribution is -2.11. The van der Waals surface area contributed by atoms with Gasteiger partial charge in [0.1, 0.15) is 5.52 Å². The monoisotopic (exact) mass is 390 g/mol. The minimum absolute atomic E-state index is 0.160. The third-order valence-corrected chi connectivity index (χ3v) is 4.94. The van der Waals surface area contributed by atoms with Gasteiger partial charge in [-0.25, -0.2) is 4.98 Å². The van der Waals surface area contributed by atoms with Crippen LogP contribution in [-0.4, -0.2) is 10.9 Å². The van der Waals surface area contributed by atoms with Gasteiger partial charge in [0, 0.05) is 11.3 Å². The van der Waals surface area contributed by atoms with Crippen LogP contribution in [0.1, 0.15) is 28.4 Å². The van der Waals surface area contributed by atoms with Crippen LogP contribution in [0.5, 0.6) is 0 Å². The van der Waals surface area contributed by atoms with E-state index in [1.54, 1.807) is 18.2 Å². The molecule has 3 aromatic carbocycles. The fourth-order valence-electron chi connectivity index (χ4n) is 3.01. The molecule has 4 nitrogen and oxygen atoms in total. The maximum Gasteiger partial charge on any atom is 0.255 e. The maximum absolute atomic E-state index is 12.5. The van der Waals surface area contributed by atoms with Gasteiger partial charge in [0.05, 0.1) is 10.6 Å². The highest BCUT2D eigenvalue weighted by Gasteiger charge is 2.13. The summed E-state index contributed by atoms with van der Waals surface area (Å²) in [5.74, 6) is 0.297. The third kappa shape index (κ3) is 3.64. The topological polar surface area (TPSA) is 55.1 Å². The molecule has 0 aliphatic heterocycles. The standard InChI is InChI=1S/C23H19ClN2O2/c1-3-15-5-7-16(8-6-15)22(27)25-17-9-11-21-20(13-17)26-23(28-21)18-10-4-14(2)12-19(18)24/h4-13H,3H2,1-2H3,(H,25,27). The molecule has 0 atom stereocenters. The summed E-state index contributed by atoms with van der Waals surface area (Å²) in [5.41, 5.74) is 5.58. The van der Waals surface area contributed by atoms with Gasteiger partial charge < -0.3 is 9.73 Å². The number of aromatic nitrogens is 1. The molecule has 1 N–H and O–H groups in total. The molecule has 0 aliphatic carbocycles. The zero-order chi connectivity index (χ0) is 19.7. The number of carbonyl (C=O) groups excluding carboxylic acids is 1. The first-order valence-corrected chi connectivity index (χ1v) is 9.48. The van der Waals surface area contributed by atoms with Gasteiger partial charge in [-0.05, 0) is 66.9 Å². The summed E-state index contributed by atoms with van der Waals surface area (Å²) in [5, 5.41) is 3.50. The Hall–Kier alpha value is -3.11. The summed E-state index contributed by atoms with van der Waals surface area (Å²) in [6, 6.07) is 18.7. The van der Waals surface area contributed by atoms with Crippen molar-refractivity contribution in [3.8, 4) is 11.5 Å². The molecule has 0 fully saturated rings. The Bertz CT molecular complexity index is 1160. The van der Waals surface area contributed by atoms with Crippen molar-refractivity contribution in [3.63, 3.8) is 0 Å². The molecule has 0 spiro atoms. The summed E-state index contributed by atoms with van der Waals surface area (Å²) < 4.78 is 5.84. The van der Waals surface area contributed by atoms with Crippen molar-refractivity contribution in [1.29, 1.82) is 0 Å². The number of aryl methyl sites for hydroxylation is 2. The fraction of sp³-hybridized carbons (Fsp3) is 0.130. The lowest BCUT2D eigenvalue weighted by Gasteiger charge is -2.05. The first-order valence-electron chi connectivity index (χ1n) is 9.11. The molecule has 1 aromatic heterocycles. The second-order valence-corrected chi connectivity index (χ2v) is 7.10. The average molecular weight is 391 g/mol. The molecular formula is C23H19ClN2O2. The van der Waals surface area contributed by atoms with Crippen LogP contribution in [0.3, 0.4) is 0 Å². The number of carbonyl (C=O) groups is 1. The van der Waals surface area contributed by atoms with Crippen molar-refractivity contribution in [2.24, 2.45) is 0 Å². The number of nitrogens with zero attached hydrogens (tertiary/aromatic N) is 1. The van der Waals surface area contributed by atoms with E-state index in [1.807, 2.05) is 49.4 Å². The van der Waals surface area contributed by atoms with Gasteiger partial charge in [-0.1, -0.05) is 36.7 Å². The van der Waals surface area contributed by atoms with E-state index in [4.69, 9.17) is 16.0 Å². The molecule has 4 rings (SSSR count). The van der Waals surface area contributed by atoms with E-state index in [0.717, 1.165) is 17.5 Å². The molecular weight excluding hydrogens is 372 g/mol. The van der Waals surface area contributed by atoms with Crippen molar-refractivity contribution in [2.75, 3.05) is 5.32 Å². The second-order valence-electron chi connectivity index (χ2n) is 6.69. The van der Waals surface area contributed by atoms with Gasteiger partial charge in [0.2, 0.25) is 5.89 Å². The minimum atomic E-state index is -0.160. The van der Waals surface area contributed by atoms with Crippen LogP contribution in [0.2, 0.25) is 5.02 Å². The number of nitrogens with one attached hydrogen (secondary N) is 1. The minimum Gasteiger partial charge on any atom is -0.436 e. The Labute approximate surface area is 168 Å². The number of benzene rings is 3. The Balaban J connectivity index is 1.60. The fourth-order valence-corrected chi connectivity index (χ4v) is 3.32. The quantitative estimate of drug-likeness (QED) is 0.446. The zero-order valence-electron chi connectivity index (χ0n) is 15.6. The van der Waals surface area contributed by atoms with E-state index in [2.05, 4.69) is 17.2 Å². The predicted octanol–water partition coefficient (Wildman–Crippen LogP) is 6.27. The van der Waals surface area contributed by atoms with Crippen LogP contribution < -0.4 is 5.32 Å². The number of halogens is 1. The first-order chi connectivity index (χ1) is 13.5. The zero-order valence-corrected chi connectivity index (χ0v) is 16.4. The van der Waals surface area contributed by atoms with Crippen molar-refractivity contribution >= 4 is 34.3 Å². The van der Waals surface area contributed by atoms with Crippen LogP contribution >= 0.6 is 11.6 Å². The highest BCUT2D eigenvalue weighted by molar-refractivity contribution is 6.33. The van der Waals surface area contributed by atoms with Gasteiger partial charge in [-0.3, -0.25) is 4.79 Å². The number of fused-ring (bicyclic) bond motifs is 1. The lowest BCUT2D eigenvalue weighted by atomic mass is 10.1. The van der Waals surface area contributed by atoms with E-state index >= 15 is 0 Å². The van der Waals surface area contributed by atoms with E-state index < -0.39 is 0 Å². The Morgan fingerprint density at radius 3 is 2.57 bits per heavy atom. The van der Waals surface area contributed by atoms with Crippen LogP contribution in [-0.2, 0) is 6.42 Å². The average Bonchev–Trinajstić information content (AvgIpc) is 3.11. The highest BCUT2D eigenvalue weighted by Crippen LogP contribution is 2.31. The Kier molecular flexibility index (Phi) is 4.88. The number of hydrogen-bond acceptors (Lipinski definition) is 3. The van der Waals surface area contributed by atoms with Gasteiger partial charge in [0.15, 0.2) is 5.58 Å². The predicted molar refractivity (Wildman–Crippen MR) is 113 cm³/mol. The van der Waals surface area contributed by atoms with Crippen LogP contribution in [0.15, 0.2) is 65.1 Å². The summed E-state index contributed by atoms with van der Waals surface area (Å²) in [6.45, 7) is 4.06. The van der Waals surface area contributed by atoms with Crippen molar-refractivity contribution < 1.29 is 9.21 Å². The summed E-state index contributed by atoms with van der Waals surface area (Å²) in [7, 11) is 0. The molecule has 0 saturated carbocycles. The molecule has 140 valence electrons. The smallest absolute Gasteiger partial charge is 0.255 e. The van der Waals surface area contributed by atoms with E-state index in [0.29, 0.717) is 33.3 Å². The molecule has 0 aliphatic rings. The molecule has 1 heterocycles. The molecule has 0 radical (unpaired) electrons. The summed E-state index contributed by atoms with van der Waals surface area (Å²) in [6.07, 6.45) is 0.943. The van der Waals surface area contributed by atoms with Gasteiger partial charge in [-0.15, -0.1) is 0 Å². The summed E-state index contributed by atoms with van der Waals surface area (Å²) >= 11 is 6.32. The van der Waals surface area contributed by atoms with Crippen LogP contribution in [0, 0.1) is 6.92 Å². The number of anilines is 1. The normalized spacial score (nSPS) is 11.0.